The topological polar surface area (TPSA) is 119 Å². The standard InChI is InChI=1S/C17H29N3O6/c1-2-3-5-12(14(21)15(22)18-25)16(23)20-7-4-6-13(20)17(24)19-8-10-26-11-9-19/h12-14,21,25H,2-11H2,1H3,(H,18,22)/t12-,13+,14+/m1/s1. The van der Waals surface area contributed by atoms with Crippen LogP contribution in [0.15, 0.2) is 0 Å². The van der Waals surface area contributed by atoms with E-state index in [9.17, 15) is 19.5 Å². The Balaban J connectivity index is 2.11. The second kappa shape index (κ2) is 9.84. The third-order valence-corrected chi connectivity index (χ3v) is 5.09. The molecule has 0 unspecified atom stereocenters. The summed E-state index contributed by atoms with van der Waals surface area (Å²) in [6, 6.07) is -0.561. The zero-order valence-corrected chi connectivity index (χ0v) is 15.2. The molecule has 148 valence electrons. The first-order valence-electron chi connectivity index (χ1n) is 9.30. The van der Waals surface area contributed by atoms with Crippen LogP contribution < -0.4 is 5.48 Å². The normalized spacial score (nSPS) is 22.8. The molecule has 0 radical (unpaired) electrons. The molecule has 2 fully saturated rings. The summed E-state index contributed by atoms with van der Waals surface area (Å²) in [5.74, 6) is -2.48. The molecular formula is C17H29N3O6. The van der Waals surface area contributed by atoms with E-state index in [2.05, 4.69) is 0 Å². The van der Waals surface area contributed by atoms with Crippen molar-refractivity contribution in [2.75, 3.05) is 32.8 Å². The van der Waals surface area contributed by atoms with Crippen molar-refractivity contribution in [2.45, 2.75) is 51.2 Å². The Bertz CT molecular complexity index is 509. The molecule has 0 aliphatic carbocycles. The number of aliphatic hydroxyl groups excluding tert-OH is 1. The molecular weight excluding hydrogens is 342 g/mol. The lowest BCUT2D eigenvalue weighted by atomic mass is 9.93. The van der Waals surface area contributed by atoms with Gasteiger partial charge in [-0.15, -0.1) is 0 Å². The van der Waals surface area contributed by atoms with Crippen LogP contribution in [0.5, 0.6) is 0 Å². The van der Waals surface area contributed by atoms with Gasteiger partial charge in [0.2, 0.25) is 11.8 Å². The number of nitrogens with one attached hydrogen (secondary N) is 1. The van der Waals surface area contributed by atoms with Crippen LogP contribution in [0, 0.1) is 5.92 Å². The zero-order chi connectivity index (χ0) is 19.1. The molecule has 2 rings (SSSR count). The first-order chi connectivity index (χ1) is 12.5. The van der Waals surface area contributed by atoms with E-state index in [1.165, 1.54) is 10.4 Å². The number of amides is 3. The van der Waals surface area contributed by atoms with Crippen molar-refractivity contribution in [2.24, 2.45) is 5.92 Å². The van der Waals surface area contributed by atoms with E-state index in [1.807, 2.05) is 6.92 Å². The third kappa shape index (κ3) is 4.72. The fraction of sp³-hybridized carbons (Fsp3) is 0.824. The molecule has 2 heterocycles. The number of aliphatic hydroxyl groups is 1. The Morgan fingerprint density at radius 2 is 1.92 bits per heavy atom. The van der Waals surface area contributed by atoms with Crippen molar-refractivity contribution in [3.8, 4) is 0 Å². The van der Waals surface area contributed by atoms with Gasteiger partial charge in [-0.05, 0) is 19.3 Å². The van der Waals surface area contributed by atoms with Crippen molar-refractivity contribution < 1.29 is 29.4 Å². The Labute approximate surface area is 153 Å². The Kier molecular flexibility index (Phi) is 7.80. The summed E-state index contributed by atoms with van der Waals surface area (Å²) >= 11 is 0. The number of rotatable bonds is 7. The molecule has 2 aliphatic heterocycles. The Hall–Kier alpha value is -1.71. The third-order valence-electron chi connectivity index (χ3n) is 5.09. The van der Waals surface area contributed by atoms with E-state index in [1.54, 1.807) is 4.90 Å². The molecule has 0 aromatic carbocycles. The van der Waals surface area contributed by atoms with E-state index in [-0.39, 0.29) is 5.91 Å². The van der Waals surface area contributed by atoms with Gasteiger partial charge in [-0.25, -0.2) is 5.48 Å². The number of carbonyl (C=O) groups excluding carboxylic acids is 3. The Morgan fingerprint density at radius 3 is 2.54 bits per heavy atom. The summed E-state index contributed by atoms with van der Waals surface area (Å²) in [5.41, 5.74) is 1.40. The predicted octanol–water partition coefficient (Wildman–Crippen LogP) is -0.491. The number of likely N-dealkylation sites (tertiary alicyclic amines) is 1. The molecule has 2 aliphatic rings. The molecule has 3 amide bonds. The van der Waals surface area contributed by atoms with Gasteiger partial charge in [0.15, 0.2) is 0 Å². The first kappa shape index (κ1) is 20.6. The molecule has 9 heteroatoms. The summed E-state index contributed by atoms with van der Waals surface area (Å²) in [6.07, 6.45) is 1.41. The van der Waals surface area contributed by atoms with Crippen LogP contribution in [-0.4, -0.2) is 82.8 Å². The van der Waals surface area contributed by atoms with Crippen LogP contribution in [0.4, 0.5) is 0 Å². The van der Waals surface area contributed by atoms with Crippen LogP contribution in [0.3, 0.4) is 0 Å². The second-order valence-corrected chi connectivity index (χ2v) is 6.80. The SMILES string of the molecule is CCCC[C@@H](C(=O)N1CCC[C@H]1C(=O)N1CCOCC1)[C@H](O)C(=O)NO. The molecule has 3 atom stereocenters. The molecule has 0 aromatic heterocycles. The van der Waals surface area contributed by atoms with Crippen LogP contribution >= 0.6 is 0 Å². The zero-order valence-electron chi connectivity index (χ0n) is 15.2. The number of unbranched alkanes of at least 4 members (excludes halogenated alkanes) is 1. The summed E-state index contributed by atoms with van der Waals surface area (Å²) in [4.78, 5) is 40.7. The van der Waals surface area contributed by atoms with Crippen molar-refractivity contribution in [3.63, 3.8) is 0 Å². The molecule has 9 nitrogen and oxygen atoms in total. The minimum absolute atomic E-state index is 0.102. The van der Waals surface area contributed by atoms with Crippen molar-refractivity contribution in [1.82, 2.24) is 15.3 Å². The number of nitrogens with zero attached hydrogens (tertiary/aromatic N) is 2. The molecule has 26 heavy (non-hydrogen) atoms. The van der Waals surface area contributed by atoms with Gasteiger partial charge >= 0.3 is 0 Å². The highest BCUT2D eigenvalue weighted by molar-refractivity contribution is 5.92. The van der Waals surface area contributed by atoms with Gasteiger partial charge in [0, 0.05) is 19.6 Å². The van der Waals surface area contributed by atoms with Crippen LogP contribution in [0.25, 0.3) is 0 Å². The summed E-state index contributed by atoms with van der Waals surface area (Å²) < 4.78 is 5.26. The van der Waals surface area contributed by atoms with Gasteiger partial charge in [-0.1, -0.05) is 19.8 Å². The Morgan fingerprint density at radius 1 is 1.23 bits per heavy atom. The second-order valence-electron chi connectivity index (χ2n) is 6.80. The average molecular weight is 371 g/mol. The molecule has 0 bridgehead atoms. The van der Waals surface area contributed by atoms with Gasteiger partial charge in [0.05, 0.1) is 19.1 Å². The summed E-state index contributed by atoms with van der Waals surface area (Å²) in [7, 11) is 0. The monoisotopic (exact) mass is 371 g/mol. The van der Waals surface area contributed by atoms with Gasteiger partial charge in [0.1, 0.15) is 12.1 Å². The van der Waals surface area contributed by atoms with Crippen molar-refractivity contribution in [3.05, 3.63) is 0 Å². The minimum Gasteiger partial charge on any atom is -0.382 e. The molecule has 0 aromatic rings. The van der Waals surface area contributed by atoms with Crippen molar-refractivity contribution >= 4 is 17.7 Å². The highest BCUT2D eigenvalue weighted by atomic mass is 16.5. The maximum absolute atomic E-state index is 13.0. The maximum atomic E-state index is 13.0. The van der Waals surface area contributed by atoms with Crippen LogP contribution in [0.2, 0.25) is 0 Å². The molecule has 3 N–H and O–H groups in total. The van der Waals surface area contributed by atoms with Crippen molar-refractivity contribution in [1.29, 1.82) is 0 Å². The van der Waals surface area contributed by atoms with Gasteiger partial charge < -0.3 is 19.6 Å². The van der Waals surface area contributed by atoms with Gasteiger partial charge in [0.25, 0.3) is 5.91 Å². The van der Waals surface area contributed by atoms with E-state index >= 15 is 0 Å². The maximum Gasteiger partial charge on any atom is 0.272 e. The largest absolute Gasteiger partial charge is 0.382 e. The lowest BCUT2D eigenvalue weighted by molar-refractivity contribution is -0.154. The van der Waals surface area contributed by atoms with E-state index in [0.29, 0.717) is 58.5 Å². The molecule has 0 spiro atoms. The van der Waals surface area contributed by atoms with Gasteiger partial charge in [-0.2, -0.15) is 0 Å². The highest BCUT2D eigenvalue weighted by Crippen LogP contribution is 2.25. The number of hydrogen-bond donors (Lipinski definition) is 3. The molecule has 0 saturated carbocycles. The minimum atomic E-state index is -1.64. The lowest BCUT2D eigenvalue weighted by Crippen LogP contribution is -2.54. The highest BCUT2D eigenvalue weighted by Gasteiger charge is 2.42. The number of morpholine rings is 1. The number of hydroxylamine groups is 1. The van der Waals surface area contributed by atoms with E-state index in [4.69, 9.17) is 9.94 Å². The van der Waals surface area contributed by atoms with Crippen LogP contribution in [-0.2, 0) is 19.1 Å². The number of ether oxygens (including phenoxy) is 1. The molecule has 2 saturated heterocycles. The summed E-state index contributed by atoms with van der Waals surface area (Å²) in [6.45, 7) is 4.36. The quantitative estimate of drug-likeness (QED) is 0.410. The smallest absolute Gasteiger partial charge is 0.272 e. The van der Waals surface area contributed by atoms with Crippen LogP contribution in [0.1, 0.15) is 39.0 Å². The predicted molar refractivity (Wildman–Crippen MR) is 91.1 cm³/mol. The average Bonchev–Trinajstić information content (AvgIpc) is 3.17. The van der Waals surface area contributed by atoms with Gasteiger partial charge in [-0.3, -0.25) is 19.6 Å². The summed E-state index contributed by atoms with van der Waals surface area (Å²) in [5, 5.41) is 19.0. The lowest BCUT2D eigenvalue weighted by Gasteiger charge is -2.34. The fourth-order valence-electron chi connectivity index (χ4n) is 3.58. The van der Waals surface area contributed by atoms with E-state index in [0.717, 1.165) is 6.42 Å². The number of hydrogen-bond acceptors (Lipinski definition) is 6. The number of carbonyl (C=O) groups is 3. The van der Waals surface area contributed by atoms with E-state index < -0.39 is 29.9 Å². The first-order valence-corrected chi connectivity index (χ1v) is 9.30. The fourth-order valence-corrected chi connectivity index (χ4v) is 3.58.